The lowest BCUT2D eigenvalue weighted by molar-refractivity contribution is 0.561. The number of rotatable bonds is 3. The quantitative estimate of drug-likeness (QED) is 0.559. The molecular weight excluding hydrogens is 306 g/mol. The molecule has 0 unspecified atom stereocenters. The predicted octanol–water partition coefficient (Wildman–Crippen LogP) is 5.10. The highest BCUT2D eigenvalue weighted by Crippen LogP contribution is 2.25. The van der Waals surface area contributed by atoms with E-state index in [2.05, 4.69) is 9.97 Å². The molecule has 0 fully saturated rings. The molecule has 2 nitrogen and oxygen atoms in total. The van der Waals surface area contributed by atoms with Gasteiger partial charge in [0.2, 0.25) is 0 Å². The topological polar surface area (TPSA) is 28.7 Å². The van der Waals surface area contributed by atoms with Crippen molar-refractivity contribution < 1.29 is 8.78 Å². The number of para-hydroxylation sites is 1. The highest BCUT2D eigenvalue weighted by atomic mass is 19.1. The number of aromatic nitrogens is 2. The Balaban J connectivity index is 1.81. The molecule has 4 rings (SSSR count). The number of nitrogens with one attached hydrogen (secondary N) is 1. The van der Waals surface area contributed by atoms with E-state index in [0.29, 0.717) is 0 Å². The van der Waals surface area contributed by atoms with Crippen molar-refractivity contribution in [2.45, 2.75) is 6.42 Å². The van der Waals surface area contributed by atoms with Gasteiger partial charge in [-0.15, -0.1) is 0 Å². The fraction of sp³-hybridized carbons (Fsp3) is 0.0500. The van der Waals surface area contributed by atoms with Crippen LogP contribution >= 0.6 is 0 Å². The van der Waals surface area contributed by atoms with Crippen molar-refractivity contribution in [1.82, 2.24) is 9.97 Å². The van der Waals surface area contributed by atoms with Crippen molar-refractivity contribution in [3.63, 3.8) is 0 Å². The van der Waals surface area contributed by atoms with E-state index in [1.54, 1.807) is 0 Å². The molecule has 0 spiro atoms. The first-order valence-corrected chi connectivity index (χ1v) is 7.68. The van der Waals surface area contributed by atoms with Gasteiger partial charge in [0.15, 0.2) is 0 Å². The molecule has 3 aromatic carbocycles. The minimum atomic E-state index is -0.536. The van der Waals surface area contributed by atoms with E-state index in [0.717, 1.165) is 28.0 Å². The maximum atomic E-state index is 13.9. The number of fused-ring (bicyclic) bond motifs is 1. The van der Waals surface area contributed by atoms with Crippen LogP contribution in [0.5, 0.6) is 0 Å². The first kappa shape index (κ1) is 14.6. The van der Waals surface area contributed by atoms with Crippen LogP contribution in [0.4, 0.5) is 8.78 Å². The third kappa shape index (κ3) is 2.56. The molecule has 4 heteroatoms. The molecule has 0 bridgehead atoms. The Morgan fingerprint density at radius 3 is 2.25 bits per heavy atom. The second kappa shape index (κ2) is 5.89. The average Bonchev–Trinajstić information content (AvgIpc) is 3.04. The van der Waals surface area contributed by atoms with E-state index < -0.39 is 11.6 Å². The highest BCUT2D eigenvalue weighted by molar-refractivity contribution is 5.82. The SMILES string of the molecule is Fc1cccc(F)c1Cc1cccc2[nH]c(-c3ccccc3)nc12. The second-order valence-corrected chi connectivity index (χ2v) is 5.64. The van der Waals surface area contributed by atoms with Crippen LogP contribution in [-0.4, -0.2) is 9.97 Å². The van der Waals surface area contributed by atoms with Gasteiger partial charge in [-0.2, -0.15) is 0 Å². The zero-order chi connectivity index (χ0) is 16.5. The molecule has 0 aliphatic rings. The zero-order valence-corrected chi connectivity index (χ0v) is 12.8. The van der Waals surface area contributed by atoms with E-state index in [-0.39, 0.29) is 12.0 Å². The fourth-order valence-corrected chi connectivity index (χ4v) is 2.86. The number of benzene rings is 3. The summed E-state index contributed by atoms with van der Waals surface area (Å²) in [7, 11) is 0. The number of hydrogen-bond donors (Lipinski definition) is 1. The Morgan fingerprint density at radius 2 is 1.50 bits per heavy atom. The lowest BCUT2D eigenvalue weighted by Gasteiger charge is -2.05. The van der Waals surface area contributed by atoms with Gasteiger partial charge in [-0.05, 0) is 23.8 Å². The molecule has 24 heavy (non-hydrogen) atoms. The van der Waals surface area contributed by atoms with Gasteiger partial charge in [-0.25, -0.2) is 13.8 Å². The third-order valence-electron chi connectivity index (χ3n) is 4.07. The van der Waals surface area contributed by atoms with Crippen molar-refractivity contribution >= 4 is 11.0 Å². The van der Waals surface area contributed by atoms with Crippen molar-refractivity contribution in [2.24, 2.45) is 0 Å². The predicted molar refractivity (Wildman–Crippen MR) is 90.7 cm³/mol. The van der Waals surface area contributed by atoms with E-state index in [4.69, 9.17) is 0 Å². The molecule has 0 aliphatic carbocycles. The number of halogens is 2. The van der Waals surface area contributed by atoms with Gasteiger partial charge in [-0.3, -0.25) is 0 Å². The van der Waals surface area contributed by atoms with Crippen molar-refractivity contribution in [1.29, 1.82) is 0 Å². The summed E-state index contributed by atoms with van der Waals surface area (Å²) < 4.78 is 27.9. The molecule has 1 heterocycles. The van der Waals surface area contributed by atoms with E-state index in [1.165, 1.54) is 18.2 Å². The number of H-pyrrole nitrogens is 1. The monoisotopic (exact) mass is 320 g/mol. The Hall–Kier alpha value is -3.01. The van der Waals surface area contributed by atoms with Crippen LogP contribution in [0.1, 0.15) is 11.1 Å². The van der Waals surface area contributed by atoms with Crippen LogP contribution in [0.25, 0.3) is 22.4 Å². The van der Waals surface area contributed by atoms with Crippen LogP contribution < -0.4 is 0 Å². The maximum absolute atomic E-state index is 13.9. The molecule has 0 saturated heterocycles. The highest BCUT2D eigenvalue weighted by Gasteiger charge is 2.13. The molecule has 0 aliphatic heterocycles. The fourth-order valence-electron chi connectivity index (χ4n) is 2.86. The van der Waals surface area contributed by atoms with Crippen LogP contribution in [0.3, 0.4) is 0 Å². The van der Waals surface area contributed by atoms with Crippen molar-refractivity contribution in [3.05, 3.63) is 89.5 Å². The van der Waals surface area contributed by atoms with E-state index in [1.807, 2.05) is 48.5 Å². The number of aromatic amines is 1. The van der Waals surface area contributed by atoms with Gasteiger partial charge < -0.3 is 4.98 Å². The molecule has 4 aromatic rings. The molecule has 0 atom stereocenters. The standard InChI is InChI=1S/C20H14F2N2/c21-16-9-5-10-17(22)15(16)12-14-8-4-11-18-19(14)24-20(23-18)13-6-2-1-3-7-13/h1-11H,12H2,(H,23,24). The zero-order valence-electron chi connectivity index (χ0n) is 12.8. The van der Waals surface area contributed by atoms with Gasteiger partial charge in [0.1, 0.15) is 17.5 Å². The summed E-state index contributed by atoms with van der Waals surface area (Å²) in [5, 5.41) is 0. The normalized spacial score (nSPS) is 11.1. The summed E-state index contributed by atoms with van der Waals surface area (Å²) in [6.45, 7) is 0. The van der Waals surface area contributed by atoms with Gasteiger partial charge >= 0.3 is 0 Å². The lowest BCUT2D eigenvalue weighted by Crippen LogP contribution is -1.97. The van der Waals surface area contributed by atoms with Crippen LogP contribution in [-0.2, 0) is 6.42 Å². The summed E-state index contributed by atoms with van der Waals surface area (Å²) in [5.74, 6) is -0.330. The smallest absolute Gasteiger partial charge is 0.138 e. The average molecular weight is 320 g/mol. The Morgan fingerprint density at radius 1 is 0.792 bits per heavy atom. The lowest BCUT2D eigenvalue weighted by atomic mass is 10.0. The van der Waals surface area contributed by atoms with Gasteiger partial charge in [-0.1, -0.05) is 48.5 Å². The summed E-state index contributed by atoms with van der Waals surface area (Å²) in [4.78, 5) is 7.91. The third-order valence-corrected chi connectivity index (χ3v) is 4.07. The molecule has 118 valence electrons. The molecule has 1 aromatic heterocycles. The first-order valence-electron chi connectivity index (χ1n) is 7.68. The van der Waals surface area contributed by atoms with Crippen LogP contribution in [0, 0.1) is 11.6 Å². The largest absolute Gasteiger partial charge is 0.338 e. The molecule has 0 amide bonds. The van der Waals surface area contributed by atoms with Gasteiger partial charge in [0, 0.05) is 17.5 Å². The first-order chi connectivity index (χ1) is 11.7. The van der Waals surface area contributed by atoms with Gasteiger partial charge in [0.25, 0.3) is 0 Å². The number of imidazole rings is 1. The van der Waals surface area contributed by atoms with E-state index >= 15 is 0 Å². The Labute approximate surface area is 137 Å². The Kier molecular flexibility index (Phi) is 3.58. The summed E-state index contributed by atoms with van der Waals surface area (Å²) in [6, 6.07) is 19.3. The summed E-state index contributed by atoms with van der Waals surface area (Å²) in [5.41, 5.74) is 3.41. The van der Waals surface area contributed by atoms with E-state index in [9.17, 15) is 8.78 Å². The number of hydrogen-bond acceptors (Lipinski definition) is 1. The van der Waals surface area contributed by atoms with Crippen LogP contribution in [0.2, 0.25) is 0 Å². The molecule has 0 radical (unpaired) electrons. The van der Waals surface area contributed by atoms with Crippen molar-refractivity contribution in [2.75, 3.05) is 0 Å². The van der Waals surface area contributed by atoms with Gasteiger partial charge in [0.05, 0.1) is 11.0 Å². The number of nitrogens with zero attached hydrogens (tertiary/aromatic N) is 1. The summed E-state index contributed by atoms with van der Waals surface area (Å²) in [6.07, 6.45) is 0.162. The molecule has 1 N–H and O–H groups in total. The Bertz CT molecular complexity index is 987. The minimum absolute atomic E-state index is 0.0641. The molecular formula is C20H14F2N2. The maximum Gasteiger partial charge on any atom is 0.138 e. The summed E-state index contributed by atoms with van der Waals surface area (Å²) >= 11 is 0. The minimum Gasteiger partial charge on any atom is -0.338 e. The second-order valence-electron chi connectivity index (χ2n) is 5.64. The van der Waals surface area contributed by atoms with Crippen LogP contribution in [0.15, 0.2) is 66.7 Å². The molecule has 0 saturated carbocycles. The van der Waals surface area contributed by atoms with Crippen molar-refractivity contribution in [3.8, 4) is 11.4 Å².